The van der Waals surface area contributed by atoms with Gasteiger partial charge in [0, 0.05) is 6.42 Å². The molecule has 0 saturated heterocycles. The van der Waals surface area contributed by atoms with Gasteiger partial charge in [0.05, 0.1) is 34.2 Å². The molecule has 0 radical (unpaired) electrons. The molecule has 0 aromatic heterocycles. The molecule has 62 heavy (non-hydrogen) atoms. The molecular weight excluding hydrogens is 798 g/mol. The van der Waals surface area contributed by atoms with Crippen LogP contribution in [0.25, 0.3) is 0 Å². The number of carbonyl (C=O) groups is 2. The third kappa shape index (κ3) is 46.7. The summed E-state index contributed by atoms with van der Waals surface area (Å²) in [7, 11) is 1.41. The molecule has 0 aromatic rings. The van der Waals surface area contributed by atoms with Crippen LogP contribution in [0.1, 0.15) is 181 Å². The number of esters is 2. The van der Waals surface area contributed by atoms with E-state index >= 15 is 0 Å². The Balaban J connectivity index is 4.34. The number of unbranched alkanes of at least 4 members (excludes halogenated alkanes) is 16. The predicted molar refractivity (Wildman–Crippen MR) is 261 cm³/mol. The number of phosphoric acid groups is 1. The first-order valence-electron chi connectivity index (χ1n) is 24.3. The van der Waals surface area contributed by atoms with Gasteiger partial charge in [0.2, 0.25) is 0 Å². The molecule has 0 spiro atoms. The van der Waals surface area contributed by atoms with E-state index in [-0.39, 0.29) is 26.1 Å². The lowest BCUT2D eigenvalue weighted by Gasteiger charge is -2.24. The summed E-state index contributed by atoms with van der Waals surface area (Å²) in [5, 5.41) is 0. The molecule has 0 aliphatic carbocycles. The third-order valence-corrected chi connectivity index (χ3v) is 10.9. The lowest BCUT2D eigenvalue weighted by Crippen LogP contribution is -2.37. The summed E-state index contributed by atoms with van der Waals surface area (Å²) in [5.74, 6) is -0.953. The van der Waals surface area contributed by atoms with Crippen molar-refractivity contribution in [1.82, 2.24) is 0 Å². The average Bonchev–Trinajstić information content (AvgIpc) is 3.23. The molecule has 0 amide bonds. The Morgan fingerprint density at radius 2 is 0.968 bits per heavy atom. The molecule has 0 aliphatic heterocycles. The van der Waals surface area contributed by atoms with Gasteiger partial charge in [-0.05, 0) is 70.6 Å². The van der Waals surface area contributed by atoms with Gasteiger partial charge < -0.3 is 18.9 Å². The molecule has 0 bridgehead atoms. The highest BCUT2D eigenvalue weighted by atomic mass is 31.2. The number of carbonyl (C=O) groups excluding carboxylic acids is 2. The highest BCUT2D eigenvalue weighted by molar-refractivity contribution is 7.47. The summed E-state index contributed by atoms with van der Waals surface area (Å²) < 4.78 is 34.2. The Kier molecular flexibility index (Phi) is 41.5. The molecule has 0 saturated carbocycles. The number of hydrogen-bond donors (Lipinski definition) is 1. The highest BCUT2D eigenvalue weighted by Crippen LogP contribution is 2.43. The van der Waals surface area contributed by atoms with Crippen molar-refractivity contribution in [3.8, 4) is 0 Å². The van der Waals surface area contributed by atoms with Crippen LogP contribution < -0.4 is 0 Å². The molecule has 0 heterocycles. The Hall–Kier alpha value is -2.81. The maximum absolute atomic E-state index is 12.6. The fraction of sp³-hybridized carbons (Fsp3) is 0.692. The standard InChI is InChI=1S/C52H90NO8P/c1-6-8-10-12-14-16-18-20-22-23-24-25-26-27-28-29-31-32-34-36-38-40-42-44-51(54)58-48-50(49-60-62(56,57)59-47-46-53(3,4)5)61-52(55)45-43-41-39-37-35-33-30-21-19-17-15-13-11-9-7-2/h9,11,15,17-18,20-21,23-24,30,35,37,41,43,50H,6-8,10,12-14,16,19,22,25-29,31-34,36,38-40,42,44-49H2,1-5H3/p+1/b11-9-,17-15-,20-18-,24-23-,30-21-,37-35-,43-41-. The van der Waals surface area contributed by atoms with Crippen molar-refractivity contribution >= 4 is 19.8 Å². The van der Waals surface area contributed by atoms with Gasteiger partial charge in [0.25, 0.3) is 0 Å². The van der Waals surface area contributed by atoms with Crippen LogP contribution in [0.3, 0.4) is 0 Å². The summed E-state index contributed by atoms with van der Waals surface area (Å²) in [6, 6.07) is 0. The molecule has 2 atom stereocenters. The van der Waals surface area contributed by atoms with Crippen LogP contribution in [0.5, 0.6) is 0 Å². The van der Waals surface area contributed by atoms with Crippen LogP contribution in [0.2, 0.25) is 0 Å². The predicted octanol–water partition coefficient (Wildman–Crippen LogP) is 14.4. The largest absolute Gasteiger partial charge is 0.472 e. The van der Waals surface area contributed by atoms with Crippen LogP contribution in [0, 0.1) is 0 Å². The molecule has 356 valence electrons. The fourth-order valence-electron chi connectivity index (χ4n) is 6.18. The molecular formula is C52H91NO8P+. The Labute approximate surface area is 380 Å². The van der Waals surface area contributed by atoms with Crippen molar-refractivity contribution in [3.05, 3.63) is 85.1 Å². The SMILES string of the molecule is CC/C=C\C/C=C\C/C=C\C/C=C\C/C=C\CC(=O)OC(COC(=O)CCCCCCCCCCCCC/C=C\C/C=C\CCCCCCC)COP(=O)(O)OCC[N+](C)(C)C. The van der Waals surface area contributed by atoms with Gasteiger partial charge >= 0.3 is 19.8 Å². The maximum atomic E-state index is 12.6. The van der Waals surface area contributed by atoms with Crippen LogP contribution in [-0.2, 0) is 32.7 Å². The summed E-state index contributed by atoms with van der Waals surface area (Å²) in [4.78, 5) is 35.4. The summed E-state index contributed by atoms with van der Waals surface area (Å²) in [6.45, 7) is 4.17. The second-order valence-corrected chi connectivity index (χ2v) is 18.6. The number of phosphoric ester groups is 1. The van der Waals surface area contributed by atoms with Crippen LogP contribution in [0.4, 0.5) is 0 Å². The third-order valence-electron chi connectivity index (χ3n) is 9.94. The van der Waals surface area contributed by atoms with Gasteiger partial charge in [-0.15, -0.1) is 0 Å². The number of rotatable bonds is 43. The summed E-state index contributed by atoms with van der Waals surface area (Å²) in [6.07, 6.45) is 56.7. The van der Waals surface area contributed by atoms with Crippen molar-refractivity contribution in [1.29, 1.82) is 0 Å². The van der Waals surface area contributed by atoms with Crippen LogP contribution >= 0.6 is 7.82 Å². The molecule has 0 rings (SSSR count). The zero-order chi connectivity index (χ0) is 45.7. The number of allylic oxidation sites excluding steroid dienone is 13. The molecule has 0 aromatic carbocycles. The van der Waals surface area contributed by atoms with Crippen molar-refractivity contribution in [2.75, 3.05) is 47.5 Å². The quantitative estimate of drug-likeness (QED) is 0.0212. The normalized spacial score (nSPS) is 14.2. The molecule has 0 aliphatic rings. The minimum Gasteiger partial charge on any atom is -0.462 e. The average molecular weight is 889 g/mol. The van der Waals surface area contributed by atoms with Crippen molar-refractivity contribution in [2.45, 2.75) is 187 Å². The van der Waals surface area contributed by atoms with Crippen LogP contribution in [0.15, 0.2) is 85.1 Å². The first kappa shape index (κ1) is 59.2. The molecule has 9 nitrogen and oxygen atoms in total. The first-order chi connectivity index (χ1) is 30.0. The zero-order valence-corrected chi connectivity index (χ0v) is 41.0. The number of hydrogen-bond acceptors (Lipinski definition) is 7. The van der Waals surface area contributed by atoms with E-state index in [2.05, 4.69) is 80.7 Å². The number of ether oxygens (including phenoxy) is 2. The van der Waals surface area contributed by atoms with Crippen molar-refractivity contribution in [3.63, 3.8) is 0 Å². The summed E-state index contributed by atoms with van der Waals surface area (Å²) in [5.41, 5.74) is 0. The monoisotopic (exact) mass is 889 g/mol. The van der Waals surface area contributed by atoms with E-state index in [1.807, 2.05) is 33.3 Å². The topological polar surface area (TPSA) is 108 Å². The van der Waals surface area contributed by atoms with Gasteiger partial charge in [0.15, 0.2) is 6.10 Å². The van der Waals surface area contributed by atoms with Gasteiger partial charge in [-0.3, -0.25) is 18.6 Å². The Morgan fingerprint density at radius 3 is 1.45 bits per heavy atom. The van der Waals surface area contributed by atoms with Crippen LogP contribution in [-0.4, -0.2) is 74.9 Å². The number of nitrogens with zero attached hydrogens (tertiary/aromatic N) is 1. The van der Waals surface area contributed by atoms with Crippen molar-refractivity contribution < 1.29 is 42.1 Å². The Bertz CT molecular complexity index is 1330. The van der Waals surface area contributed by atoms with E-state index < -0.39 is 32.5 Å². The molecule has 0 fully saturated rings. The minimum atomic E-state index is -4.41. The highest BCUT2D eigenvalue weighted by Gasteiger charge is 2.27. The van der Waals surface area contributed by atoms with E-state index in [4.69, 9.17) is 18.5 Å². The lowest BCUT2D eigenvalue weighted by molar-refractivity contribution is -0.870. The number of quaternary nitrogens is 1. The second-order valence-electron chi connectivity index (χ2n) is 17.1. The van der Waals surface area contributed by atoms with E-state index in [1.165, 1.54) is 96.3 Å². The first-order valence-corrected chi connectivity index (χ1v) is 25.8. The molecule has 2 unspecified atom stereocenters. The zero-order valence-electron chi connectivity index (χ0n) is 40.1. The van der Waals surface area contributed by atoms with E-state index in [1.54, 1.807) is 6.08 Å². The smallest absolute Gasteiger partial charge is 0.462 e. The van der Waals surface area contributed by atoms with Crippen molar-refractivity contribution in [2.24, 2.45) is 0 Å². The molecule has 10 heteroatoms. The van der Waals surface area contributed by atoms with E-state index in [0.29, 0.717) is 17.4 Å². The lowest BCUT2D eigenvalue weighted by atomic mass is 10.0. The van der Waals surface area contributed by atoms with Gasteiger partial charge in [-0.2, -0.15) is 0 Å². The summed E-state index contributed by atoms with van der Waals surface area (Å²) >= 11 is 0. The maximum Gasteiger partial charge on any atom is 0.472 e. The molecule has 1 N–H and O–H groups in total. The van der Waals surface area contributed by atoms with Gasteiger partial charge in [-0.25, -0.2) is 4.57 Å². The fourth-order valence-corrected chi connectivity index (χ4v) is 6.92. The second kappa shape index (κ2) is 43.4. The van der Waals surface area contributed by atoms with E-state index in [9.17, 15) is 19.0 Å². The van der Waals surface area contributed by atoms with Gasteiger partial charge in [0.1, 0.15) is 19.8 Å². The number of likely N-dealkylation sites (N-methyl/N-ethyl adjacent to an activating group) is 1. The Morgan fingerprint density at radius 1 is 0.532 bits per heavy atom. The minimum absolute atomic E-state index is 0.00436. The van der Waals surface area contributed by atoms with E-state index in [0.717, 1.165) is 51.4 Å². The van der Waals surface area contributed by atoms with Gasteiger partial charge in [-0.1, -0.05) is 182 Å².